The Hall–Kier alpha value is -2.41. The molecule has 4 nitrogen and oxygen atoms in total. The highest BCUT2D eigenvalue weighted by atomic mass is 32.2. The first-order valence-corrected chi connectivity index (χ1v) is 10.9. The molecule has 0 aromatic heterocycles. The number of hydrogen-bond donors (Lipinski definition) is 1. The van der Waals surface area contributed by atoms with E-state index in [9.17, 15) is 18.4 Å². The Bertz CT molecular complexity index is 931. The minimum absolute atomic E-state index is 0.0263. The molecule has 2 aliphatic rings. The molecule has 4 rings (SSSR count). The Morgan fingerprint density at radius 2 is 1.86 bits per heavy atom. The van der Waals surface area contributed by atoms with Gasteiger partial charge < -0.3 is 5.32 Å². The van der Waals surface area contributed by atoms with Crippen molar-refractivity contribution in [3.63, 3.8) is 0 Å². The molecule has 2 aromatic rings. The SMILES string of the molecule is O=C(Nc1cccc([C@@H]2SCC(=O)N2c2ccc(F)cc2F)c1)C1CCCCC1. The number of nitrogens with one attached hydrogen (secondary N) is 1. The van der Waals surface area contributed by atoms with Crippen molar-refractivity contribution < 1.29 is 18.4 Å². The van der Waals surface area contributed by atoms with Crippen molar-refractivity contribution in [1.29, 1.82) is 0 Å². The van der Waals surface area contributed by atoms with Gasteiger partial charge in [-0.2, -0.15) is 0 Å². The first-order valence-electron chi connectivity index (χ1n) is 9.82. The molecule has 7 heteroatoms. The maximum absolute atomic E-state index is 14.3. The number of anilines is 2. The zero-order valence-corrected chi connectivity index (χ0v) is 16.7. The van der Waals surface area contributed by atoms with Crippen LogP contribution in [0, 0.1) is 17.6 Å². The Morgan fingerprint density at radius 3 is 2.62 bits per heavy atom. The summed E-state index contributed by atoms with van der Waals surface area (Å²) >= 11 is 1.38. The lowest BCUT2D eigenvalue weighted by Crippen LogP contribution is -2.29. The summed E-state index contributed by atoms with van der Waals surface area (Å²) in [5, 5.41) is 2.55. The van der Waals surface area contributed by atoms with Gasteiger partial charge in [-0.1, -0.05) is 31.4 Å². The lowest BCUT2D eigenvalue weighted by molar-refractivity contribution is -0.120. The van der Waals surface area contributed by atoms with Crippen molar-refractivity contribution in [3.8, 4) is 0 Å². The number of thioether (sulfide) groups is 1. The van der Waals surface area contributed by atoms with Gasteiger partial charge >= 0.3 is 0 Å². The highest BCUT2D eigenvalue weighted by Crippen LogP contribution is 2.43. The molecule has 0 bridgehead atoms. The fourth-order valence-corrected chi connectivity index (χ4v) is 5.15. The zero-order chi connectivity index (χ0) is 20.4. The smallest absolute Gasteiger partial charge is 0.238 e. The van der Waals surface area contributed by atoms with Gasteiger partial charge in [0.1, 0.15) is 17.0 Å². The summed E-state index contributed by atoms with van der Waals surface area (Å²) in [6.45, 7) is 0. The fourth-order valence-electron chi connectivity index (χ4n) is 3.99. The van der Waals surface area contributed by atoms with Gasteiger partial charge in [0, 0.05) is 17.7 Å². The van der Waals surface area contributed by atoms with E-state index in [2.05, 4.69) is 5.32 Å². The van der Waals surface area contributed by atoms with Crippen molar-refractivity contribution in [2.75, 3.05) is 16.0 Å². The number of amides is 2. The molecular weight excluding hydrogens is 394 g/mol. The predicted octanol–water partition coefficient (Wildman–Crippen LogP) is 5.26. The molecule has 1 aliphatic heterocycles. The van der Waals surface area contributed by atoms with Gasteiger partial charge in [-0.05, 0) is 42.7 Å². The largest absolute Gasteiger partial charge is 0.326 e. The maximum Gasteiger partial charge on any atom is 0.238 e. The van der Waals surface area contributed by atoms with Crippen LogP contribution in [0.4, 0.5) is 20.2 Å². The predicted molar refractivity (Wildman–Crippen MR) is 111 cm³/mol. The van der Waals surface area contributed by atoms with Crippen LogP contribution >= 0.6 is 11.8 Å². The first-order chi connectivity index (χ1) is 14.0. The van der Waals surface area contributed by atoms with Gasteiger partial charge in [0.05, 0.1) is 11.4 Å². The van der Waals surface area contributed by atoms with Crippen molar-refractivity contribution in [2.24, 2.45) is 5.92 Å². The Kier molecular flexibility index (Phi) is 5.85. The summed E-state index contributed by atoms with van der Waals surface area (Å²) < 4.78 is 27.6. The van der Waals surface area contributed by atoms with Crippen LogP contribution in [0.2, 0.25) is 0 Å². The number of carbonyl (C=O) groups excluding carboxylic acids is 2. The summed E-state index contributed by atoms with van der Waals surface area (Å²) in [5.74, 6) is -1.41. The molecule has 152 valence electrons. The second-order valence-corrected chi connectivity index (χ2v) is 8.54. The van der Waals surface area contributed by atoms with E-state index in [1.165, 1.54) is 29.1 Å². The highest BCUT2D eigenvalue weighted by Gasteiger charge is 2.35. The average Bonchev–Trinajstić information content (AvgIpc) is 3.10. The minimum Gasteiger partial charge on any atom is -0.326 e. The van der Waals surface area contributed by atoms with Crippen LogP contribution in [-0.2, 0) is 9.59 Å². The van der Waals surface area contributed by atoms with Gasteiger partial charge in [0.25, 0.3) is 0 Å². The first kappa shape index (κ1) is 19.9. The average molecular weight is 416 g/mol. The number of benzene rings is 2. The molecule has 1 N–H and O–H groups in total. The molecule has 0 unspecified atom stereocenters. The van der Waals surface area contributed by atoms with E-state index in [-0.39, 0.29) is 29.2 Å². The van der Waals surface area contributed by atoms with E-state index in [1.807, 2.05) is 24.3 Å². The molecule has 1 heterocycles. The molecule has 0 radical (unpaired) electrons. The second-order valence-electron chi connectivity index (χ2n) is 7.47. The minimum atomic E-state index is -0.771. The molecule has 1 atom stereocenters. The van der Waals surface area contributed by atoms with E-state index < -0.39 is 17.0 Å². The third kappa shape index (κ3) is 4.29. The third-order valence-electron chi connectivity index (χ3n) is 5.45. The molecule has 2 aromatic carbocycles. The molecule has 2 amide bonds. The van der Waals surface area contributed by atoms with Crippen molar-refractivity contribution in [1.82, 2.24) is 0 Å². The Labute approximate surface area is 172 Å². The molecule has 1 aliphatic carbocycles. The Morgan fingerprint density at radius 1 is 1.07 bits per heavy atom. The number of carbonyl (C=O) groups is 2. The number of hydrogen-bond acceptors (Lipinski definition) is 3. The van der Waals surface area contributed by atoms with E-state index in [4.69, 9.17) is 0 Å². The van der Waals surface area contributed by atoms with E-state index in [1.54, 1.807) is 0 Å². The van der Waals surface area contributed by atoms with Crippen LogP contribution in [0.3, 0.4) is 0 Å². The van der Waals surface area contributed by atoms with Gasteiger partial charge in [0.15, 0.2) is 0 Å². The van der Waals surface area contributed by atoms with Crippen LogP contribution in [0.1, 0.15) is 43.0 Å². The maximum atomic E-state index is 14.3. The van der Waals surface area contributed by atoms with E-state index in [0.717, 1.165) is 43.4 Å². The summed E-state index contributed by atoms with van der Waals surface area (Å²) in [6.07, 6.45) is 5.17. The topological polar surface area (TPSA) is 49.4 Å². The summed E-state index contributed by atoms with van der Waals surface area (Å²) in [5.41, 5.74) is 1.51. The van der Waals surface area contributed by atoms with Crippen molar-refractivity contribution in [3.05, 3.63) is 59.7 Å². The quantitative estimate of drug-likeness (QED) is 0.739. The normalized spacial score (nSPS) is 20.1. The fraction of sp³-hybridized carbons (Fsp3) is 0.364. The van der Waals surface area contributed by atoms with Crippen LogP contribution in [0.5, 0.6) is 0 Å². The van der Waals surface area contributed by atoms with Crippen LogP contribution in [0.15, 0.2) is 42.5 Å². The molecule has 2 fully saturated rings. The number of halogens is 2. The van der Waals surface area contributed by atoms with Gasteiger partial charge in [-0.25, -0.2) is 8.78 Å². The van der Waals surface area contributed by atoms with Gasteiger partial charge in [-0.3, -0.25) is 14.5 Å². The lowest BCUT2D eigenvalue weighted by atomic mass is 9.88. The molecular formula is C22H22F2N2O2S. The summed E-state index contributed by atoms with van der Waals surface area (Å²) in [6, 6.07) is 10.5. The highest BCUT2D eigenvalue weighted by molar-refractivity contribution is 8.00. The van der Waals surface area contributed by atoms with E-state index >= 15 is 0 Å². The van der Waals surface area contributed by atoms with Gasteiger partial charge in [-0.15, -0.1) is 11.8 Å². The summed E-state index contributed by atoms with van der Waals surface area (Å²) in [7, 11) is 0. The van der Waals surface area contributed by atoms with E-state index in [0.29, 0.717) is 5.69 Å². The molecule has 1 saturated heterocycles. The molecule has 0 spiro atoms. The molecule has 29 heavy (non-hydrogen) atoms. The summed E-state index contributed by atoms with van der Waals surface area (Å²) in [4.78, 5) is 26.4. The standard InChI is InChI=1S/C22H22F2N2O2S/c23-16-9-10-19(18(24)12-16)26-20(27)13-29-22(26)15-7-4-8-17(11-15)25-21(28)14-5-2-1-3-6-14/h4,7-12,14,22H,1-3,5-6,13H2,(H,25,28)/t22-/m0/s1. The van der Waals surface area contributed by atoms with Gasteiger partial charge in [0.2, 0.25) is 11.8 Å². The van der Waals surface area contributed by atoms with Crippen molar-refractivity contribution in [2.45, 2.75) is 37.5 Å². The van der Waals surface area contributed by atoms with Crippen LogP contribution < -0.4 is 10.2 Å². The second kappa shape index (κ2) is 8.53. The lowest BCUT2D eigenvalue weighted by Gasteiger charge is -2.25. The molecule has 1 saturated carbocycles. The number of rotatable bonds is 4. The zero-order valence-electron chi connectivity index (χ0n) is 15.9. The monoisotopic (exact) mass is 416 g/mol. The number of nitrogens with zero attached hydrogens (tertiary/aromatic N) is 1. The Balaban J connectivity index is 1.56. The van der Waals surface area contributed by atoms with Crippen molar-refractivity contribution >= 4 is 35.0 Å². The van der Waals surface area contributed by atoms with Crippen LogP contribution in [0.25, 0.3) is 0 Å². The van der Waals surface area contributed by atoms with Crippen LogP contribution in [-0.4, -0.2) is 17.6 Å². The third-order valence-corrected chi connectivity index (χ3v) is 6.66.